The van der Waals surface area contributed by atoms with Crippen LogP contribution in [0.4, 0.5) is 5.69 Å². The highest BCUT2D eigenvalue weighted by Gasteiger charge is 2.39. The van der Waals surface area contributed by atoms with E-state index in [0.29, 0.717) is 5.69 Å². The largest absolute Gasteiger partial charge is 0.399 e. The van der Waals surface area contributed by atoms with E-state index in [1.807, 2.05) is 46.6 Å². The number of hydrogen-bond donors (Lipinski definition) is 3. The lowest BCUT2D eigenvalue weighted by Gasteiger charge is -2.39. The van der Waals surface area contributed by atoms with E-state index >= 15 is 0 Å². The molecule has 1 fully saturated rings. The first-order valence-corrected chi connectivity index (χ1v) is 14.8. The molecule has 0 spiro atoms. The number of nitrogens with two attached hydrogens (primary N) is 1. The summed E-state index contributed by atoms with van der Waals surface area (Å²) in [5.41, 5.74) is 5.60. The van der Waals surface area contributed by atoms with Gasteiger partial charge in [0.1, 0.15) is 6.04 Å². The molecule has 0 bridgehead atoms. The van der Waals surface area contributed by atoms with Crippen LogP contribution in [-0.4, -0.2) is 74.7 Å². The monoisotopic (exact) mass is 563 g/mol. The van der Waals surface area contributed by atoms with Crippen molar-refractivity contribution in [2.75, 3.05) is 26.4 Å². The molecule has 1 aliphatic rings. The Hall–Kier alpha value is -2.92. The minimum Gasteiger partial charge on any atom is -0.399 e. The molecule has 1 heterocycles. The molecule has 1 unspecified atom stereocenters. The third-order valence-corrected chi connectivity index (χ3v) is 8.49. The number of carbonyl (C=O) groups excluding carboxylic acids is 3. The highest BCUT2D eigenvalue weighted by Crippen LogP contribution is 2.25. The van der Waals surface area contributed by atoms with E-state index in [9.17, 15) is 22.8 Å². The van der Waals surface area contributed by atoms with Gasteiger partial charge in [-0.3, -0.25) is 19.3 Å². The van der Waals surface area contributed by atoms with Gasteiger partial charge in [-0.05, 0) is 69.0 Å². The van der Waals surface area contributed by atoms with Crippen LogP contribution < -0.4 is 15.8 Å². The van der Waals surface area contributed by atoms with Gasteiger partial charge in [0.15, 0.2) is 0 Å². The van der Waals surface area contributed by atoms with E-state index < -0.39 is 33.4 Å². The number of carbonyl (C=O) groups is 3. The fraction of sp³-hybridized carbons (Fsp3) is 0.607. The van der Waals surface area contributed by atoms with Crippen LogP contribution in [0.25, 0.3) is 0 Å². The second-order valence-corrected chi connectivity index (χ2v) is 13.5. The van der Waals surface area contributed by atoms with Gasteiger partial charge < -0.3 is 16.0 Å². The van der Waals surface area contributed by atoms with Crippen LogP contribution in [0.3, 0.4) is 0 Å². The summed E-state index contributed by atoms with van der Waals surface area (Å²) in [6, 6.07) is 3.92. The second kappa shape index (κ2) is 13.0. The number of rotatable bonds is 9. The zero-order valence-corrected chi connectivity index (χ0v) is 25.3. The molecule has 1 aliphatic heterocycles. The van der Waals surface area contributed by atoms with E-state index in [1.165, 1.54) is 36.1 Å². The highest BCUT2D eigenvalue weighted by atomic mass is 32.2. The van der Waals surface area contributed by atoms with Crippen molar-refractivity contribution >= 4 is 33.4 Å². The first-order chi connectivity index (χ1) is 18.0. The number of likely N-dealkylation sites (tertiary alicyclic amines) is 1. The fourth-order valence-electron chi connectivity index (χ4n) is 4.64. The van der Waals surface area contributed by atoms with Crippen molar-refractivity contribution in [3.63, 3.8) is 0 Å². The third-order valence-electron chi connectivity index (χ3n) is 7.15. The summed E-state index contributed by atoms with van der Waals surface area (Å²) < 4.78 is 27.4. The van der Waals surface area contributed by atoms with E-state index in [4.69, 9.17) is 5.73 Å². The SMILES string of the molecule is C/C(=C\[C@H](C(C)C)N(C)C(=O)C(NC(=O)[C@H]1CCCCN1C)C(C)(C)C)C(=O)NS(=O)(=O)c1ccc(N)cc1. The van der Waals surface area contributed by atoms with Gasteiger partial charge in [0, 0.05) is 18.3 Å². The zero-order valence-electron chi connectivity index (χ0n) is 24.4. The molecule has 3 atom stereocenters. The Labute approximate surface area is 233 Å². The average molecular weight is 564 g/mol. The molecule has 11 heteroatoms. The van der Waals surface area contributed by atoms with Gasteiger partial charge in [-0.1, -0.05) is 47.1 Å². The molecule has 0 aromatic heterocycles. The highest BCUT2D eigenvalue weighted by molar-refractivity contribution is 7.90. The number of anilines is 1. The molecule has 4 N–H and O–H groups in total. The molecule has 0 aliphatic carbocycles. The number of amides is 3. The van der Waals surface area contributed by atoms with Crippen LogP contribution >= 0.6 is 0 Å². The van der Waals surface area contributed by atoms with Crippen molar-refractivity contribution < 1.29 is 22.8 Å². The number of nitrogen functional groups attached to an aromatic ring is 1. The minimum absolute atomic E-state index is 0.0853. The van der Waals surface area contributed by atoms with Gasteiger partial charge in [0.2, 0.25) is 11.8 Å². The Morgan fingerprint density at radius 2 is 1.72 bits per heavy atom. The average Bonchev–Trinajstić information content (AvgIpc) is 2.84. The molecule has 218 valence electrons. The maximum absolute atomic E-state index is 13.8. The predicted octanol–water partition coefficient (Wildman–Crippen LogP) is 2.52. The van der Waals surface area contributed by atoms with Crippen molar-refractivity contribution in [1.82, 2.24) is 19.8 Å². The lowest BCUT2D eigenvalue weighted by Crippen LogP contribution is -2.59. The third kappa shape index (κ3) is 8.53. The van der Waals surface area contributed by atoms with Crippen molar-refractivity contribution in [2.45, 2.75) is 83.8 Å². The van der Waals surface area contributed by atoms with Crippen molar-refractivity contribution in [3.8, 4) is 0 Å². The molecule has 0 radical (unpaired) electrons. The molecule has 1 aromatic rings. The van der Waals surface area contributed by atoms with Crippen LogP contribution in [0.5, 0.6) is 0 Å². The van der Waals surface area contributed by atoms with Crippen LogP contribution in [0.1, 0.15) is 60.8 Å². The number of hydrogen-bond acceptors (Lipinski definition) is 7. The normalized spacial score (nSPS) is 18.8. The van der Waals surface area contributed by atoms with E-state index in [-0.39, 0.29) is 34.2 Å². The van der Waals surface area contributed by atoms with Gasteiger partial charge in [-0.25, -0.2) is 13.1 Å². The van der Waals surface area contributed by atoms with Crippen LogP contribution in [0.2, 0.25) is 0 Å². The quantitative estimate of drug-likeness (QED) is 0.310. The summed E-state index contributed by atoms with van der Waals surface area (Å²) in [6.45, 7) is 11.8. The minimum atomic E-state index is -4.10. The molecule has 1 aromatic carbocycles. The molecular weight excluding hydrogens is 518 g/mol. The van der Waals surface area contributed by atoms with Gasteiger partial charge in [-0.2, -0.15) is 0 Å². The number of likely N-dealkylation sites (N-methyl/N-ethyl adjacent to an activating group) is 2. The Morgan fingerprint density at radius 1 is 1.13 bits per heavy atom. The number of benzene rings is 1. The maximum atomic E-state index is 13.8. The number of piperidine rings is 1. The number of nitrogens with zero attached hydrogens (tertiary/aromatic N) is 2. The van der Waals surface area contributed by atoms with E-state index in [1.54, 1.807) is 13.1 Å². The maximum Gasteiger partial charge on any atom is 0.264 e. The summed E-state index contributed by atoms with van der Waals surface area (Å²) in [5, 5.41) is 3.00. The molecule has 10 nitrogen and oxygen atoms in total. The first kappa shape index (κ1) is 32.3. The summed E-state index contributed by atoms with van der Waals surface area (Å²) in [6.07, 6.45) is 4.34. The lowest BCUT2D eigenvalue weighted by molar-refractivity contribution is -0.141. The molecule has 2 rings (SSSR count). The fourth-order valence-corrected chi connectivity index (χ4v) is 5.65. The summed E-state index contributed by atoms with van der Waals surface area (Å²) in [4.78, 5) is 43.3. The topological polar surface area (TPSA) is 142 Å². The molecule has 1 saturated heterocycles. The van der Waals surface area contributed by atoms with E-state index in [0.717, 1.165) is 25.8 Å². The van der Waals surface area contributed by atoms with Gasteiger partial charge in [0.05, 0.1) is 17.0 Å². The van der Waals surface area contributed by atoms with Gasteiger partial charge >= 0.3 is 0 Å². The van der Waals surface area contributed by atoms with Crippen molar-refractivity contribution in [1.29, 1.82) is 0 Å². The van der Waals surface area contributed by atoms with Crippen molar-refractivity contribution in [2.24, 2.45) is 11.3 Å². The molecular formula is C28H45N5O5S. The first-order valence-electron chi connectivity index (χ1n) is 13.3. The Balaban J connectivity index is 2.25. The Kier molecular flexibility index (Phi) is 10.7. The number of nitrogens with one attached hydrogen (secondary N) is 2. The van der Waals surface area contributed by atoms with Gasteiger partial charge in [0.25, 0.3) is 15.9 Å². The second-order valence-electron chi connectivity index (χ2n) is 11.8. The Morgan fingerprint density at radius 3 is 2.23 bits per heavy atom. The zero-order chi connectivity index (χ0) is 29.7. The lowest BCUT2D eigenvalue weighted by atomic mass is 9.84. The number of sulfonamides is 1. The molecule has 39 heavy (non-hydrogen) atoms. The molecule has 3 amide bonds. The van der Waals surface area contributed by atoms with Crippen LogP contribution in [0.15, 0.2) is 40.8 Å². The van der Waals surface area contributed by atoms with Crippen LogP contribution in [-0.2, 0) is 24.4 Å². The predicted molar refractivity (Wildman–Crippen MR) is 153 cm³/mol. The summed E-state index contributed by atoms with van der Waals surface area (Å²) >= 11 is 0. The molecule has 0 saturated carbocycles. The standard InChI is InChI=1S/C28H45N5O5S/c1-18(2)23(17-19(3)25(34)31-39(37,38)21-14-12-20(29)13-15-21)33(8)27(36)24(28(4,5)6)30-26(35)22-11-9-10-16-32(22)7/h12-15,17-18,22-24H,9-11,16,29H2,1-8H3,(H,30,35)(H,31,34)/b19-17+/t22-,23-,24?/m1/s1. The summed E-state index contributed by atoms with van der Waals surface area (Å²) in [7, 11) is -0.546. The summed E-state index contributed by atoms with van der Waals surface area (Å²) in [5.74, 6) is -1.35. The Bertz CT molecular complexity index is 1170. The smallest absolute Gasteiger partial charge is 0.264 e. The van der Waals surface area contributed by atoms with Gasteiger partial charge in [-0.15, -0.1) is 0 Å². The van der Waals surface area contributed by atoms with Crippen LogP contribution in [0, 0.1) is 11.3 Å². The van der Waals surface area contributed by atoms with E-state index in [2.05, 4.69) is 10.0 Å². The van der Waals surface area contributed by atoms with Crippen molar-refractivity contribution in [3.05, 3.63) is 35.9 Å².